The Morgan fingerprint density at radius 1 is 0.686 bits per heavy atom. The van der Waals surface area contributed by atoms with E-state index in [2.05, 4.69) is 13.8 Å². The zero-order chi connectivity index (χ0) is 26.9. The zero-order valence-corrected chi connectivity index (χ0v) is 22.0. The Morgan fingerprint density at radius 2 is 1.11 bits per heavy atom. The molecule has 0 radical (unpaired) electrons. The van der Waals surface area contributed by atoms with Gasteiger partial charge in [-0.15, -0.1) is 0 Å². The number of ether oxygens (including phenoxy) is 2. The minimum Gasteiger partial charge on any atom is -0.481 e. The van der Waals surface area contributed by atoms with Crippen LogP contribution in [0.3, 0.4) is 0 Å². The highest BCUT2D eigenvalue weighted by atomic mass is 16.6. The number of methoxy groups -OCH3 is 1. The first-order valence-electron chi connectivity index (χ1n) is 13.0. The lowest BCUT2D eigenvalue weighted by molar-refractivity contribution is -0.218. The van der Waals surface area contributed by atoms with Gasteiger partial charge < -0.3 is 24.8 Å². The monoisotopic (exact) mass is 502 g/mol. The van der Waals surface area contributed by atoms with Crippen LogP contribution in [0.2, 0.25) is 0 Å². The lowest BCUT2D eigenvalue weighted by Gasteiger charge is -2.46. The summed E-state index contributed by atoms with van der Waals surface area (Å²) in [6.07, 6.45) is 9.69. The average molecular weight is 503 g/mol. The van der Waals surface area contributed by atoms with E-state index in [9.17, 15) is 34.5 Å². The first-order chi connectivity index (χ1) is 16.6. The van der Waals surface area contributed by atoms with E-state index in [0.717, 1.165) is 58.5 Å². The van der Waals surface area contributed by atoms with Gasteiger partial charge in [-0.05, 0) is 19.8 Å². The molecular weight excluding hydrogens is 456 g/mol. The number of carboxylic acid groups (broad SMARTS) is 3. The maximum Gasteiger partial charge on any atom is 0.338 e. The molecular formula is C26H46O9. The van der Waals surface area contributed by atoms with Crippen LogP contribution in [0, 0.1) is 11.3 Å². The molecule has 0 heterocycles. The third kappa shape index (κ3) is 8.78. The van der Waals surface area contributed by atoms with Crippen LogP contribution in [0.4, 0.5) is 0 Å². The summed E-state index contributed by atoms with van der Waals surface area (Å²) in [7, 11) is 0.962. The summed E-state index contributed by atoms with van der Waals surface area (Å²) in [5.41, 5.74) is -4.96. The lowest BCUT2D eigenvalue weighted by Crippen LogP contribution is -2.67. The zero-order valence-electron chi connectivity index (χ0n) is 22.0. The largest absolute Gasteiger partial charge is 0.481 e. The normalized spacial score (nSPS) is 14.2. The van der Waals surface area contributed by atoms with Gasteiger partial charge in [0.05, 0.1) is 6.61 Å². The second kappa shape index (κ2) is 17.3. The Labute approximate surface area is 209 Å². The van der Waals surface area contributed by atoms with E-state index in [1.807, 2.05) is 0 Å². The molecule has 0 aromatic carbocycles. The van der Waals surface area contributed by atoms with E-state index in [1.54, 1.807) is 0 Å². The van der Waals surface area contributed by atoms with Crippen molar-refractivity contribution < 1.29 is 44.0 Å². The number of esters is 1. The molecule has 0 aromatic heterocycles. The van der Waals surface area contributed by atoms with Crippen molar-refractivity contribution in [2.45, 2.75) is 116 Å². The molecule has 0 rings (SSSR count). The highest BCUT2D eigenvalue weighted by Gasteiger charge is 2.69. The second-order valence-electron chi connectivity index (χ2n) is 9.19. The topological polar surface area (TPSA) is 147 Å². The van der Waals surface area contributed by atoms with Crippen LogP contribution in [0.1, 0.15) is 111 Å². The molecule has 0 spiro atoms. The molecule has 2 unspecified atom stereocenters. The standard InChI is InChI=1S/C26H46O9/c1-5-8-10-12-14-16-18-25(23(30)31,19-17-15-13-11-9-6-2)26(34-4,24(32)33)20(21(27)28)22(29)35-7-3/h20H,5-19H2,1-4H3,(H,27,28)(H,30,31)(H,32,33). The predicted octanol–water partition coefficient (Wildman–Crippen LogP) is 5.29. The summed E-state index contributed by atoms with van der Waals surface area (Å²) in [5, 5.41) is 30.7. The molecule has 0 aliphatic carbocycles. The van der Waals surface area contributed by atoms with Crippen LogP contribution >= 0.6 is 0 Å². The van der Waals surface area contributed by atoms with Gasteiger partial charge in [-0.2, -0.15) is 0 Å². The number of carboxylic acids is 3. The van der Waals surface area contributed by atoms with Crippen molar-refractivity contribution in [3.63, 3.8) is 0 Å². The van der Waals surface area contributed by atoms with Gasteiger partial charge in [-0.3, -0.25) is 14.4 Å². The summed E-state index contributed by atoms with van der Waals surface area (Å²) in [5.74, 6) is -8.70. The van der Waals surface area contributed by atoms with E-state index in [1.165, 1.54) is 6.92 Å². The molecule has 0 aliphatic rings. The van der Waals surface area contributed by atoms with Gasteiger partial charge in [0, 0.05) is 7.11 Å². The van der Waals surface area contributed by atoms with Crippen LogP contribution in [0.5, 0.6) is 0 Å². The summed E-state index contributed by atoms with van der Waals surface area (Å²) in [6.45, 7) is 5.44. The molecule has 0 amide bonds. The Kier molecular flexibility index (Phi) is 16.2. The van der Waals surface area contributed by atoms with Gasteiger partial charge in [0.1, 0.15) is 5.41 Å². The van der Waals surface area contributed by atoms with Gasteiger partial charge in [0.15, 0.2) is 5.92 Å². The fourth-order valence-electron chi connectivity index (χ4n) is 4.95. The summed E-state index contributed by atoms with van der Waals surface area (Å²) < 4.78 is 10.2. The Bertz CT molecular complexity index is 645. The number of carbonyl (C=O) groups is 4. The summed E-state index contributed by atoms with van der Waals surface area (Å²) in [6, 6.07) is 0. The highest BCUT2D eigenvalue weighted by molar-refractivity contribution is 6.04. The maximum absolute atomic E-state index is 12.9. The number of unbranched alkanes of at least 4 members (excludes halogenated alkanes) is 10. The quantitative estimate of drug-likeness (QED) is 0.102. The fraction of sp³-hybridized carbons (Fsp3) is 0.846. The van der Waals surface area contributed by atoms with Gasteiger partial charge in [-0.25, -0.2) is 4.79 Å². The van der Waals surface area contributed by atoms with E-state index < -0.39 is 40.8 Å². The highest BCUT2D eigenvalue weighted by Crippen LogP contribution is 2.49. The summed E-state index contributed by atoms with van der Waals surface area (Å²) >= 11 is 0. The summed E-state index contributed by atoms with van der Waals surface area (Å²) in [4.78, 5) is 50.6. The van der Waals surface area contributed by atoms with E-state index in [4.69, 9.17) is 9.47 Å². The van der Waals surface area contributed by atoms with Crippen LogP contribution in [-0.2, 0) is 28.7 Å². The average Bonchev–Trinajstić information content (AvgIpc) is 2.80. The molecule has 9 nitrogen and oxygen atoms in total. The van der Waals surface area contributed by atoms with E-state index >= 15 is 0 Å². The first kappa shape index (κ1) is 32.8. The Balaban J connectivity index is 6.42. The molecule has 0 aromatic rings. The molecule has 9 heteroatoms. The molecule has 0 saturated heterocycles. The molecule has 204 valence electrons. The van der Waals surface area contributed by atoms with Gasteiger partial charge in [0.25, 0.3) is 0 Å². The third-order valence-electron chi connectivity index (χ3n) is 6.85. The first-order valence-corrected chi connectivity index (χ1v) is 13.0. The van der Waals surface area contributed by atoms with Crippen LogP contribution in [-0.4, -0.2) is 58.5 Å². The van der Waals surface area contributed by atoms with E-state index in [0.29, 0.717) is 25.7 Å². The number of hydrogen-bond donors (Lipinski definition) is 3. The number of hydrogen-bond acceptors (Lipinski definition) is 6. The van der Waals surface area contributed by atoms with Crippen LogP contribution < -0.4 is 0 Å². The van der Waals surface area contributed by atoms with Gasteiger partial charge >= 0.3 is 23.9 Å². The molecule has 0 aliphatic heterocycles. The molecule has 0 bridgehead atoms. The molecule has 0 fully saturated rings. The SMILES string of the molecule is CCCCCCCCC(CCCCCCCC)(C(=O)O)C(OC)(C(=O)O)C(C(=O)O)C(=O)OCC. The minimum absolute atomic E-state index is 0.118. The van der Waals surface area contributed by atoms with Crippen LogP contribution in [0.15, 0.2) is 0 Å². The third-order valence-corrected chi connectivity index (χ3v) is 6.85. The molecule has 3 N–H and O–H groups in total. The van der Waals surface area contributed by atoms with Crippen molar-refractivity contribution in [1.82, 2.24) is 0 Å². The Morgan fingerprint density at radius 3 is 1.43 bits per heavy atom. The van der Waals surface area contributed by atoms with Crippen LogP contribution in [0.25, 0.3) is 0 Å². The van der Waals surface area contributed by atoms with Crippen molar-refractivity contribution in [2.75, 3.05) is 13.7 Å². The van der Waals surface area contributed by atoms with Crippen molar-refractivity contribution in [3.05, 3.63) is 0 Å². The minimum atomic E-state index is -2.83. The molecule has 0 saturated carbocycles. The fourth-order valence-corrected chi connectivity index (χ4v) is 4.95. The number of rotatable bonds is 22. The lowest BCUT2D eigenvalue weighted by atomic mass is 9.60. The molecule has 2 atom stereocenters. The van der Waals surface area contributed by atoms with Crippen molar-refractivity contribution in [2.24, 2.45) is 11.3 Å². The number of aliphatic carboxylic acids is 3. The Hall–Kier alpha value is -2.16. The maximum atomic E-state index is 12.9. The predicted molar refractivity (Wildman–Crippen MR) is 131 cm³/mol. The molecule has 35 heavy (non-hydrogen) atoms. The van der Waals surface area contributed by atoms with Crippen molar-refractivity contribution in [1.29, 1.82) is 0 Å². The smallest absolute Gasteiger partial charge is 0.338 e. The van der Waals surface area contributed by atoms with E-state index in [-0.39, 0.29) is 19.4 Å². The number of carbonyl (C=O) groups excluding carboxylic acids is 1. The van der Waals surface area contributed by atoms with Gasteiger partial charge in [0.2, 0.25) is 5.60 Å². The van der Waals surface area contributed by atoms with Crippen molar-refractivity contribution in [3.8, 4) is 0 Å². The van der Waals surface area contributed by atoms with Gasteiger partial charge in [-0.1, -0.05) is 90.9 Å². The van der Waals surface area contributed by atoms with Crippen molar-refractivity contribution >= 4 is 23.9 Å². The second-order valence-corrected chi connectivity index (χ2v) is 9.19.